The van der Waals surface area contributed by atoms with Gasteiger partial charge in [-0.3, -0.25) is 0 Å². The molecular weight excluding hydrogens is 322 g/mol. The van der Waals surface area contributed by atoms with Crippen LogP contribution in [0.3, 0.4) is 0 Å². The van der Waals surface area contributed by atoms with E-state index in [1.165, 1.54) is 11.1 Å². The minimum atomic E-state index is 0.550. The Bertz CT molecular complexity index is 990. The van der Waals surface area contributed by atoms with Gasteiger partial charge < -0.3 is 10.2 Å². The number of fused-ring (bicyclic) bond motifs is 1. The predicted octanol–water partition coefficient (Wildman–Crippen LogP) is 3.96. The summed E-state index contributed by atoms with van der Waals surface area (Å²) in [6.07, 6.45) is 1.02. The van der Waals surface area contributed by atoms with Crippen molar-refractivity contribution < 1.29 is 0 Å². The lowest BCUT2D eigenvalue weighted by molar-refractivity contribution is 0.719. The number of nitrogens with zero attached hydrogens (tertiary/aromatic N) is 4. The Morgan fingerprint density at radius 2 is 1.88 bits per heavy atom. The molecule has 4 rings (SSSR count). The summed E-state index contributed by atoms with van der Waals surface area (Å²) in [4.78, 5) is 11.5. The zero-order valence-corrected chi connectivity index (χ0v) is 14.6. The first-order valence-electron chi connectivity index (χ1n) is 8.66. The van der Waals surface area contributed by atoms with Gasteiger partial charge in [-0.05, 0) is 42.7 Å². The standard InChI is InChI=1S/C21H19N5/c1-15-11-20(26-10-9-17-6-2-3-7-18(17)14-26)25-21(23-15)24-19-8-4-5-16(12-19)13-22/h2-8,11-12H,9-10,14H2,1H3,(H,23,24,25). The minimum Gasteiger partial charge on any atom is -0.352 e. The maximum atomic E-state index is 9.05. The van der Waals surface area contributed by atoms with Gasteiger partial charge in [0, 0.05) is 30.5 Å². The second kappa shape index (κ2) is 6.85. The summed E-state index contributed by atoms with van der Waals surface area (Å²) < 4.78 is 0. The Balaban J connectivity index is 1.60. The molecule has 2 aromatic carbocycles. The normalized spacial score (nSPS) is 13.0. The van der Waals surface area contributed by atoms with E-state index in [9.17, 15) is 0 Å². The van der Waals surface area contributed by atoms with Gasteiger partial charge in [-0.2, -0.15) is 10.2 Å². The molecule has 5 nitrogen and oxygen atoms in total. The van der Waals surface area contributed by atoms with Crippen molar-refractivity contribution in [3.05, 3.63) is 77.0 Å². The molecule has 0 unspecified atom stereocenters. The molecule has 128 valence electrons. The highest BCUT2D eigenvalue weighted by Crippen LogP contribution is 2.25. The number of hydrogen-bond acceptors (Lipinski definition) is 5. The summed E-state index contributed by atoms with van der Waals surface area (Å²) in [7, 11) is 0. The number of nitriles is 1. The molecular formula is C21H19N5. The molecule has 1 aliphatic rings. The largest absolute Gasteiger partial charge is 0.352 e. The van der Waals surface area contributed by atoms with Crippen molar-refractivity contribution in [3.63, 3.8) is 0 Å². The first kappa shape index (κ1) is 16.1. The van der Waals surface area contributed by atoms with Crippen molar-refractivity contribution in [2.75, 3.05) is 16.8 Å². The predicted molar refractivity (Wildman–Crippen MR) is 102 cm³/mol. The fourth-order valence-corrected chi connectivity index (χ4v) is 3.26. The van der Waals surface area contributed by atoms with Crippen LogP contribution in [0.2, 0.25) is 0 Å². The van der Waals surface area contributed by atoms with Crippen LogP contribution in [0, 0.1) is 18.3 Å². The van der Waals surface area contributed by atoms with Crippen molar-refractivity contribution in [1.29, 1.82) is 5.26 Å². The monoisotopic (exact) mass is 341 g/mol. The van der Waals surface area contributed by atoms with E-state index in [0.717, 1.165) is 36.7 Å². The maximum absolute atomic E-state index is 9.05. The lowest BCUT2D eigenvalue weighted by Crippen LogP contribution is -2.31. The molecule has 0 saturated heterocycles. The van der Waals surface area contributed by atoms with E-state index in [4.69, 9.17) is 10.2 Å². The zero-order valence-electron chi connectivity index (χ0n) is 14.6. The van der Waals surface area contributed by atoms with Crippen LogP contribution in [-0.4, -0.2) is 16.5 Å². The molecule has 26 heavy (non-hydrogen) atoms. The van der Waals surface area contributed by atoms with E-state index in [-0.39, 0.29) is 0 Å². The molecule has 3 aromatic rings. The maximum Gasteiger partial charge on any atom is 0.229 e. The SMILES string of the molecule is Cc1cc(N2CCc3ccccc3C2)nc(Nc2cccc(C#N)c2)n1. The molecule has 1 aliphatic heterocycles. The van der Waals surface area contributed by atoms with Gasteiger partial charge in [0.05, 0.1) is 11.6 Å². The number of aryl methyl sites for hydroxylation is 1. The third kappa shape index (κ3) is 3.35. The first-order chi connectivity index (χ1) is 12.7. The topological polar surface area (TPSA) is 64.8 Å². The minimum absolute atomic E-state index is 0.550. The summed E-state index contributed by atoms with van der Waals surface area (Å²) >= 11 is 0. The molecule has 1 N–H and O–H groups in total. The van der Waals surface area contributed by atoms with E-state index in [2.05, 4.69) is 45.5 Å². The number of rotatable bonds is 3. The molecule has 5 heteroatoms. The summed E-state index contributed by atoms with van der Waals surface area (Å²) in [6, 6.07) is 20.1. The highest BCUT2D eigenvalue weighted by atomic mass is 15.2. The Morgan fingerprint density at radius 1 is 1.04 bits per heavy atom. The molecule has 0 saturated carbocycles. The second-order valence-corrected chi connectivity index (χ2v) is 6.45. The van der Waals surface area contributed by atoms with Crippen molar-refractivity contribution >= 4 is 17.5 Å². The van der Waals surface area contributed by atoms with Gasteiger partial charge in [-0.25, -0.2) is 4.98 Å². The third-order valence-electron chi connectivity index (χ3n) is 4.54. The molecule has 0 aliphatic carbocycles. The molecule has 1 aromatic heterocycles. The van der Waals surface area contributed by atoms with Gasteiger partial charge in [0.15, 0.2) is 0 Å². The molecule has 0 radical (unpaired) electrons. The van der Waals surface area contributed by atoms with Crippen LogP contribution >= 0.6 is 0 Å². The van der Waals surface area contributed by atoms with Gasteiger partial charge in [0.1, 0.15) is 5.82 Å². The van der Waals surface area contributed by atoms with Crippen LogP contribution in [-0.2, 0) is 13.0 Å². The average molecular weight is 341 g/mol. The lowest BCUT2D eigenvalue weighted by Gasteiger charge is -2.30. The molecule has 2 heterocycles. The Labute approximate surface area is 153 Å². The Hall–Kier alpha value is -3.39. The van der Waals surface area contributed by atoms with Crippen molar-refractivity contribution in [2.24, 2.45) is 0 Å². The van der Waals surface area contributed by atoms with Gasteiger partial charge in [0.2, 0.25) is 5.95 Å². The Morgan fingerprint density at radius 3 is 2.73 bits per heavy atom. The van der Waals surface area contributed by atoms with Gasteiger partial charge in [-0.15, -0.1) is 0 Å². The number of nitrogens with one attached hydrogen (secondary N) is 1. The van der Waals surface area contributed by atoms with E-state index >= 15 is 0 Å². The molecule has 0 spiro atoms. The fraction of sp³-hybridized carbons (Fsp3) is 0.190. The summed E-state index contributed by atoms with van der Waals surface area (Å²) in [5.41, 5.74) is 5.10. The van der Waals surface area contributed by atoms with Crippen molar-refractivity contribution in [3.8, 4) is 6.07 Å². The third-order valence-corrected chi connectivity index (χ3v) is 4.54. The highest BCUT2D eigenvalue weighted by Gasteiger charge is 2.18. The molecule has 0 atom stereocenters. The number of benzene rings is 2. The van der Waals surface area contributed by atoms with Crippen LogP contribution in [0.5, 0.6) is 0 Å². The lowest BCUT2D eigenvalue weighted by atomic mass is 10.00. The van der Waals surface area contributed by atoms with Gasteiger partial charge >= 0.3 is 0 Å². The number of hydrogen-bond donors (Lipinski definition) is 1. The molecule has 0 fully saturated rings. The van der Waals surface area contributed by atoms with Crippen LogP contribution < -0.4 is 10.2 Å². The summed E-state index contributed by atoms with van der Waals surface area (Å²) in [5, 5.41) is 12.3. The van der Waals surface area contributed by atoms with E-state index in [1.54, 1.807) is 12.1 Å². The van der Waals surface area contributed by atoms with E-state index < -0.39 is 0 Å². The smallest absolute Gasteiger partial charge is 0.229 e. The zero-order chi connectivity index (χ0) is 17.9. The number of aromatic nitrogens is 2. The molecule has 0 bridgehead atoms. The van der Waals surface area contributed by atoms with Crippen LogP contribution in [0.1, 0.15) is 22.4 Å². The van der Waals surface area contributed by atoms with Crippen molar-refractivity contribution in [2.45, 2.75) is 19.9 Å². The molecule has 0 amide bonds. The Kier molecular flexibility index (Phi) is 4.24. The van der Waals surface area contributed by atoms with Gasteiger partial charge in [-0.1, -0.05) is 30.3 Å². The van der Waals surface area contributed by atoms with Crippen LogP contribution in [0.4, 0.5) is 17.5 Å². The van der Waals surface area contributed by atoms with Gasteiger partial charge in [0.25, 0.3) is 0 Å². The summed E-state index contributed by atoms with van der Waals surface area (Å²) in [6.45, 7) is 3.77. The van der Waals surface area contributed by atoms with E-state index in [1.807, 2.05) is 25.1 Å². The second-order valence-electron chi connectivity index (χ2n) is 6.45. The average Bonchev–Trinajstić information content (AvgIpc) is 2.67. The van der Waals surface area contributed by atoms with E-state index in [0.29, 0.717) is 11.5 Å². The van der Waals surface area contributed by atoms with Crippen molar-refractivity contribution in [1.82, 2.24) is 9.97 Å². The fourth-order valence-electron chi connectivity index (χ4n) is 3.26. The van der Waals surface area contributed by atoms with Crippen LogP contribution in [0.15, 0.2) is 54.6 Å². The summed E-state index contributed by atoms with van der Waals surface area (Å²) in [5.74, 6) is 1.47. The first-order valence-corrected chi connectivity index (χ1v) is 8.66. The van der Waals surface area contributed by atoms with Crippen LogP contribution in [0.25, 0.3) is 0 Å². The number of anilines is 3. The quantitative estimate of drug-likeness (QED) is 0.781. The highest BCUT2D eigenvalue weighted by molar-refractivity contribution is 5.58.